The second-order valence-corrected chi connectivity index (χ2v) is 7.55. The fourth-order valence-corrected chi connectivity index (χ4v) is 3.82. The number of ether oxygens (including phenoxy) is 3. The first kappa shape index (κ1) is 26.2. The van der Waals surface area contributed by atoms with Crippen molar-refractivity contribution in [3.8, 4) is 11.5 Å². The predicted molar refractivity (Wildman–Crippen MR) is 139 cm³/mol. The van der Waals surface area contributed by atoms with Gasteiger partial charge in [0.2, 0.25) is 0 Å². The molecule has 0 aromatic heterocycles. The monoisotopic (exact) mass is 554 g/mol. The molecule has 2 aromatic carbocycles. The molecular weight excluding hydrogens is 519 g/mol. The van der Waals surface area contributed by atoms with E-state index in [1.165, 1.54) is 11.1 Å². The molecule has 0 radical (unpaired) electrons. The highest BCUT2D eigenvalue weighted by atomic mass is 127. The summed E-state index contributed by atoms with van der Waals surface area (Å²) in [6.07, 6.45) is 0. The van der Waals surface area contributed by atoms with E-state index in [0.717, 1.165) is 55.9 Å². The molecule has 2 aromatic rings. The van der Waals surface area contributed by atoms with Gasteiger partial charge in [-0.1, -0.05) is 24.3 Å². The van der Waals surface area contributed by atoms with Crippen LogP contribution in [-0.2, 0) is 11.3 Å². The summed E-state index contributed by atoms with van der Waals surface area (Å²) >= 11 is 0. The molecule has 0 aliphatic carbocycles. The van der Waals surface area contributed by atoms with Crippen LogP contribution in [-0.4, -0.2) is 65.0 Å². The van der Waals surface area contributed by atoms with Gasteiger partial charge in [0, 0.05) is 33.2 Å². The first-order chi connectivity index (χ1) is 15.1. The molecule has 1 aliphatic heterocycles. The van der Waals surface area contributed by atoms with Crippen LogP contribution in [0.15, 0.2) is 47.5 Å². The molecule has 1 unspecified atom stereocenters. The quantitative estimate of drug-likeness (QED) is 0.297. The van der Waals surface area contributed by atoms with Crippen molar-refractivity contribution in [2.45, 2.75) is 19.5 Å². The molecule has 176 valence electrons. The molecule has 1 atom stereocenters. The van der Waals surface area contributed by atoms with Crippen molar-refractivity contribution in [3.05, 3.63) is 59.2 Å². The molecule has 0 amide bonds. The molecule has 3 rings (SSSR count). The van der Waals surface area contributed by atoms with Crippen molar-refractivity contribution in [1.29, 1.82) is 0 Å². The zero-order chi connectivity index (χ0) is 22.1. The number of aryl methyl sites for hydroxylation is 1. The number of nitrogens with one attached hydrogen (secondary N) is 2. The Hall–Kier alpha value is -2.04. The topological polar surface area (TPSA) is 67.4 Å². The van der Waals surface area contributed by atoms with E-state index < -0.39 is 0 Å². The van der Waals surface area contributed by atoms with Crippen molar-refractivity contribution in [2.24, 2.45) is 4.99 Å². The van der Waals surface area contributed by atoms with Gasteiger partial charge in [0.1, 0.15) is 11.5 Å². The number of nitrogens with zero attached hydrogens (tertiary/aromatic N) is 2. The van der Waals surface area contributed by atoms with Crippen LogP contribution < -0.4 is 20.1 Å². The molecule has 1 saturated heterocycles. The number of morpholine rings is 1. The Balaban J connectivity index is 0.00000363. The largest absolute Gasteiger partial charge is 0.497 e. The van der Waals surface area contributed by atoms with Gasteiger partial charge in [-0.25, -0.2) is 0 Å². The number of hydrogen-bond acceptors (Lipinski definition) is 5. The molecular formula is C24H35IN4O3. The van der Waals surface area contributed by atoms with E-state index in [0.29, 0.717) is 6.54 Å². The fraction of sp³-hybridized carbons (Fsp3) is 0.458. The second-order valence-electron chi connectivity index (χ2n) is 7.55. The maximum atomic E-state index is 5.56. The van der Waals surface area contributed by atoms with Crippen LogP contribution in [0.1, 0.15) is 22.7 Å². The SMILES string of the molecule is CN=C(NCc1ccc(OC)c(C)c1)NCC(c1ccc(OC)cc1)N1CCOCC1.I. The molecule has 0 saturated carbocycles. The highest BCUT2D eigenvalue weighted by Gasteiger charge is 2.23. The van der Waals surface area contributed by atoms with Gasteiger partial charge in [-0.05, 0) is 41.8 Å². The van der Waals surface area contributed by atoms with Gasteiger partial charge < -0.3 is 24.8 Å². The number of methoxy groups -OCH3 is 2. The van der Waals surface area contributed by atoms with Crippen LogP contribution in [0.4, 0.5) is 0 Å². The molecule has 0 spiro atoms. The summed E-state index contributed by atoms with van der Waals surface area (Å²) in [6, 6.07) is 14.7. The molecule has 7 nitrogen and oxygen atoms in total. The van der Waals surface area contributed by atoms with Gasteiger partial charge >= 0.3 is 0 Å². The lowest BCUT2D eigenvalue weighted by Gasteiger charge is -2.35. The third-order valence-electron chi connectivity index (χ3n) is 5.59. The minimum absolute atomic E-state index is 0. The average Bonchev–Trinajstić information content (AvgIpc) is 2.82. The highest BCUT2D eigenvalue weighted by molar-refractivity contribution is 14.0. The Labute approximate surface area is 208 Å². The van der Waals surface area contributed by atoms with Crippen LogP contribution in [0, 0.1) is 6.92 Å². The maximum absolute atomic E-state index is 5.56. The Bertz CT molecular complexity index is 855. The van der Waals surface area contributed by atoms with E-state index in [1.54, 1.807) is 21.3 Å². The van der Waals surface area contributed by atoms with Crippen molar-refractivity contribution >= 4 is 29.9 Å². The normalized spacial score (nSPS) is 15.4. The van der Waals surface area contributed by atoms with E-state index in [9.17, 15) is 0 Å². The Morgan fingerprint density at radius 2 is 1.78 bits per heavy atom. The van der Waals surface area contributed by atoms with Gasteiger partial charge in [-0.2, -0.15) is 0 Å². The number of rotatable bonds is 8. The Morgan fingerprint density at radius 3 is 2.38 bits per heavy atom. The van der Waals surface area contributed by atoms with E-state index in [-0.39, 0.29) is 30.0 Å². The summed E-state index contributed by atoms with van der Waals surface area (Å²) in [7, 11) is 5.18. The molecule has 0 bridgehead atoms. The van der Waals surface area contributed by atoms with Crippen molar-refractivity contribution in [2.75, 3.05) is 54.1 Å². The number of aliphatic imine (C=N–C) groups is 1. The molecule has 1 fully saturated rings. The Morgan fingerprint density at radius 1 is 1.06 bits per heavy atom. The second kappa shape index (κ2) is 13.5. The zero-order valence-corrected chi connectivity index (χ0v) is 21.7. The maximum Gasteiger partial charge on any atom is 0.191 e. The molecule has 32 heavy (non-hydrogen) atoms. The summed E-state index contributed by atoms with van der Waals surface area (Å²) in [5.41, 5.74) is 3.55. The number of hydrogen-bond donors (Lipinski definition) is 2. The number of benzene rings is 2. The van der Waals surface area contributed by atoms with E-state index in [2.05, 4.69) is 51.7 Å². The molecule has 1 heterocycles. The van der Waals surface area contributed by atoms with E-state index in [1.807, 2.05) is 18.2 Å². The smallest absolute Gasteiger partial charge is 0.191 e. The van der Waals surface area contributed by atoms with Gasteiger partial charge in [-0.3, -0.25) is 9.89 Å². The minimum Gasteiger partial charge on any atom is -0.497 e. The van der Waals surface area contributed by atoms with Gasteiger partial charge in [-0.15, -0.1) is 24.0 Å². The summed E-state index contributed by atoms with van der Waals surface area (Å²) in [5.74, 6) is 2.55. The number of halogens is 1. The highest BCUT2D eigenvalue weighted by Crippen LogP contribution is 2.24. The fourth-order valence-electron chi connectivity index (χ4n) is 3.82. The van der Waals surface area contributed by atoms with E-state index >= 15 is 0 Å². The van der Waals surface area contributed by atoms with Crippen LogP contribution in [0.5, 0.6) is 11.5 Å². The molecule has 1 aliphatic rings. The lowest BCUT2D eigenvalue weighted by molar-refractivity contribution is 0.0170. The molecule has 8 heteroatoms. The van der Waals surface area contributed by atoms with Gasteiger partial charge in [0.15, 0.2) is 5.96 Å². The third kappa shape index (κ3) is 7.25. The summed E-state index contributed by atoms with van der Waals surface area (Å²) in [5, 5.41) is 6.92. The van der Waals surface area contributed by atoms with Gasteiger partial charge in [0.25, 0.3) is 0 Å². The van der Waals surface area contributed by atoms with Crippen LogP contribution in [0.25, 0.3) is 0 Å². The van der Waals surface area contributed by atoms with Crippen LogP contribution >= 0.6 is 24.0 Å². The van der Waals surface area contributed by atoms with Crippen LogP contribution in [0.3, 0.4) is 0 Å². The standard InChI is InChI=1S/C24H34N4O3.HI/c1-18-15-19(5-10-23(18)30-4)16-26-24(25-2)27-17-22(28-11-13-31-14-12-28)20-6-8-21(29-3)9-7-20;/h5-10,15,22H,11-14,16-17H2,1-4H3,(H2,25,26,27);1H. The number of guanidine groups is 1. The lowest BCUT2D eigenvalue weighted by atomic mass is 10.0. The van der Waals surface area contributed by atoms with Crippen LogP contribution in [0.2, 0.25) is 0 Å². The third-order valence-corrected chi connectivity index (χ3v) is 5.59. The Kier molecular flexibility index (Phi) is 11.1. The summed E-state index contributed by atoms with van der Waals surface area (Å²) < 4.78 is 16.2. The van der Waals surface area contributed by atoms with E-state index in [4.69, 9.17) is 14.2 Å². The first-order valence-corrected chi connectivity index (χ1v) is 10.7. The van der Waals surface area contributed by atoms with Crippen molar-refractivity contribution in [1.82, 2.24) is 15.5 Å². The minimum atomic E-state index is 0. The summed E-state index contributed by atoms with van der Waals surface area (Å²) in [4.78, 5) is 6.86. The van der Waals surface area contributed by atoms with Gasteiger partial charge in [0.05, 0.1) is 33.5 Å². The zero-order valence-electron chi connectivity index (χ0n) is 19.4. The lowest BCUT2D eigenvalue weighted by Crippen LogP contribution is -2.46. The van der Waals surface area contributed by atoms with Crippen molar-refractivity contribution in [3.63, 3.8) is 0 Å². The van der Waals surface area contributed by atoms with Crippen molar-refractivity contribution < 1.29 is 14.2 Å². The predicted octanol–water partition coefficient (Wildman–Crippen LogP) is 3.37. The average molecular weight is 554 g/mol. The summed E-state index contributed by atoms with van der Waals surface area (Å²) in [6.45, 7) is 6.83. The molecule has 2 N–H and O–H groups in total. The first-order valence-electron chi connectivity index (χ1n) is 10.7.